The van der Waals surface area contributed by atoms with E-state index in [-0.39, 0.29) is 0 Å². The third kappa shape index (κ3) is 3.51. The van der Waals surface area contributed by atoms with Crippen LogP contribution in [-0.4, -0.2) is 26.5 Å². The molecule has 0 aliphatic heterocycles. The number of para-hydroxylation sites is 1. The molecule has 0 aliphatic rings. The molecule has 6 nitrogen and oxygen atoms in total. The first-order chi connectivity index (χ1) is 12.0. The SMILES string of the molecule is Cc1ncc(CNC(=O)C(=O)c2c(C)nn(-c3ccccc3)c2C)s1. The first kappa shape index (κ1) is 17.0. The number of nitrogens with one attached hydrogen (secondary N) is 1. The molecule has 0 bridgehead atoms. The highest BCUT2D eigenvalue weighted by Gasteiger charge is 2.25. The Hall–Kier alpha value is -2.80. The van der Waals surface area contributed by atoms with E-state index in [0.29, 0.717) is 23.5 Å². The lowest BCUT2D eigenvalue weighted by molar-refractivity contribution is -0.117. The quantitative estimate of drug-likeness (QED) is 0.565. The van der Waals surface area contributed by atoms with E-state index in [1.807, 2.05) is 37.3 Å². The van der Waals surface area contributed by atoms with Crippen LogP contribution in [0.5, 0.6) is 0 Å². The van der Waals surface area contributed by atoms with Crippen LogP contribution in [0.15, 0.2) is 36.5 Å². The summed E-state index contributed by atoms with van der Waals surface area (Å²) in [4.78, 5) is 29.9. The zero-order chi connectivity index (χ0) is 18.0. The molecule has 1 aromatic carbocycles. The van der Waals surface area contributed by atoms with Gasteiger partial charge in [-0.3, -0.25) is 9.59 Å². The Morgan fingerprint density at radius 3 is 2.52 bits per heavy atom. The predicted octanol–water partition coefficient (Wildman–Crippen LogP) is 2.75. The fourth-order valence-electron chi connectivity index (χ4n) is 2.64. The van der Waals surface area contributed by atoms with Gasteiger partial charge in [-0.1, -0.05) is 18.2 Å². The second-order valence-corrected chi connectivity index (χ2v) is 6.97. The molecule has 2 aromatic heterocycles. The second-order valence-electron chi connectivity index (χ2n) is 5.65. The minimum absolute atomic E-state index is 0.293. The Balaban J connectivity index is 1.80. The van der Waals surface area contributed by atoms with E-state index in [2.05, 4.69) is 15.4 Å². The van der Waals surface area contributed by atoms with Gasteiger partial charge in [-0.2, -0.15) is 5.10 Å². The maximum absolute atomic E-state index is 12.6. The third-order valence-corrected chi connectivity index (χ3v) is 4.73. The Morgan fingerprint density at radius 1 is 1.16 bits per heavy atom. The summed E-state index contributed by atoms with van der Waals surface area (Å²) in [6.45, 7) is 5.71. The lowest BCUT2D eigenvalue weighted by Gasteiger charge is -2.05. The number of Topliss-reactive ketones (excluding diaryl/α,β-unsaturated/α-hetero) is 1. The average molecular weight is 354 g/mol. The number of rotatable bonds is 5. The van der Waals surface area contributed by atoms with Crippen LogP contribution in [0.4, 0.5) is 0 Å². The smallest absolute Gasteiger partial charge is 0.292 e. The van der Waals surface area contributed by atoms with E-state index >= 15 is 0 Å². The van der Waals surface area contributed by atoms with Crippen molar-refractivity contribution in [2.45, 2.75) is 27.3 Å². The van der Waals surface area contributed by atoms with Crippen molar-refractivity contribution in [3.05, 3.63) is 63.4 Å². The number of aryl methyl sites for hydroxylation is 2. The molecule has 0 aliphatic carbocycles. The number of ketones is 1. The van der Waals surface area contributed by atoms with E-state index in [9.17, 15) is 9.59 Å². The van der Waals surface area contributed by atoms with Crippen molar-refractivity contribution in [2.75, 3.05) is 0 Å². The van der Waals surface area contributed by atoms with Crippen LogP contribution in [0, 0.1) is 20.8 Å². The van der Waals surface area contributed by atoms with Gasteiger partial charge < -0.3 is 5.32 Å². The Labute approximate surface area is 149 Å². The van der Waals surface area contributed by atoms with Gasteiger partial charge in [0.1, 0.15) is 0 Å². The van der Waals surface area contributed by atoms with E-state index in [1.54, 1.807) is 24.7 Å². The first-order valence-electron chi connectivity index (χ1n) is 7.83. The van der Waals surface area contributed by atoms with Gasteiger partial charge in [0.05, 0.1) is 34.2 Å². The van der Waals surface area contributed by atoms with Crippen LogP contribution in [0.1, 0.15) is 31.6 Å². The molecule has 0 atom stereocenters. The van der Waals surface area contributed by atoms with Crippen molar-refractivity contribution in [2.24, 2.45) is 0 Å². The molecular weight excluding hydrogens is 336 g/mol. The Kier molecular flexibility index (Phi) is 4.76. The minimum atomic E-state index is -0.634. The van der Waals surface area contributed by atoms with Gasteiger partial charge in [0.2, 0.25) is 0 Å². The summed E-state index contributed by atoms with van der Waals surface area (Å²) in [5, 5.41) is 7.99. The molecule has 7 heteroatoms. The number of carbonyl (C=O) groups excluding carboxylic acids is 2. The molecule has 0 spiro atoms. The molecule has 3 rings (SSSR count). The summed E-state index contributed by atoms with van der Waals surface area (Å²) < 4.78 is 1.68. The van der Waals surface area contributed by atoms with Crippen molar-refractivity contribution < 1.29 is 9.59 Å². The van der Waals surface area contributed by atoms with Gasteiger partial charge in [-0.05, 0) is 32.9 Å². The number of thiazole rings is 1. The molecule has 1 N–H and O–H groups in total. The number of hydrogen-bond acceptors (Lipinski definition) is 5. The monoisotopic (exact) mass is 354 g/mol. The number of aromatic nitrogens is 3. The molecule has 128 valence electrons. The maximum atomic E-state index is 12.6. The van der Waals surface area contributed by atoms with Crippen molar-refractivity contribution >= 4 is 23.0 Å². The van der Waals surface area contributed by atoms with Gasteiger partial charge in [0, 0.05) is 11.1 Å². The number of hydrogen-bond donors (Lipinski definition) is 1. The molecule has 2 heterocycles. The zero-order valence-corrected chi connectivity index (χ0v) is 15.1. The first-order valence-corrected chi connectivity index (χ1v) is 8.64. The van der Waals surface area contributed by atoms with Crippen molar-refractivity contribution in [1.29, 1.82) is 0 Å². The topological polar surface area (TPSA) is 76.9 Å². The van der Waals surface area contributed by atoms with Crippen LogP contribution in [0.25, 0.3) is 5.69 Å². The highest BCUT2D eigenvalue weighted by Crippen LogP contribution is 2.18. The molecule has 0 saturated heterocycles. The zero-order valence-electron chi connectivity index (χ0n) is 14.2. The minimum Gasteiger partial charge on any atom is -0.344 e. The Bertz CT molecular complexity index is 928. The van der Waals surface area contributed by atoms with Gasteiger partial charge in [0.25, 0.3) is 11.7 Å². The fourth-order valence-corrected chi connectivity index (χ4v) is 3.37. The van der Waals surface area contributed by atoms with Gasteiger partial charge in [-0.15, -0.1) is 11.3 Å². The van der Waals surface area contributed by atoms with Gasteiger partial charge in [0.15, 0.2) is 0 Å². The molecule has 3 aromatic rings. The van der Waals surface area contributed by atoms with Crippen molar-refractivity contribution in [3.8, 4) is 5.69 Å². The largest absolute Gasteiger partial charge is 0.344 e. The van der Waals surface area contributed by atoms with Crippen LogP contribution in [-0.2, 0) is 11.3 Å². The highest BCUT2D eigenvalue weighted by atomic mass is 32.1. The van der Waals surface area contributed by atoms with Crippen molar-refractivity contribution in [3.63, 3.8) is 0 Å². The normalized spacial score (nSPS) is 10.7. The van der Waals surface area contributed by atoms with E-state index in [0.717, 1.165) is 15.6 Å². The van der Waals surface area contributed by atoms with Crippen LogP contribution < -0.4 is 5.32 Å². The lowest BCUT2D eigenvalue weighted by Crippen LogP contribution is -2.31. The second kappa shape index (κ2) is 6.98. The predicted molar refractivity (Wildman–Crippen MR) is 96.1 cm³/mol. The molecule has 0 saturated carbocycles. The standard InChI is InChI=1S/C18H18N4O2S/c1-11-16(12(2)22(21-11)14-7-5-4-6-8-14)17(23)18(24)20-10-15-9-19-13(3)25-15/h4-9H,10H2,1-3H3,(H,20,24). The number of benzene rings is 1. The summed E-state index contributed by atoms with van der Waals surface area (Å²) in [5.41, 5.74) is 2.39. The molecular formula is C18H18N4O2S. The maximum Gasteiger partial charge on any atom is 0.292 e. The summed E-state index contributed by atoms with van der Waals surface area (Å²) in [6.07, 6.45) is 1.70. The van der Waals surface area contributed by atoms with Crippen molar-refractivity contribution in [1.82, 2.24) is 20.1 Å². The summed E-state index contributed by atoms with van der Waals surface area (Å²) in [7, 11) is 0. The number of nitrogens with zero attached hydrogens (tertiary/aromatic N) is 3. The van der Waals surface area contributed by atoms with Crippen LogP contribution in [0.2, 0.25) is 0 Å². The molecule has 0 fully saturated rings. The van der Waals surface area contributed by atoms with E-state index in [1.165, 1.54) is 11.3 Å². The molecule has 0 radical (unpaired) electrons. The summed E-state index contributed by atoms with van der Waals surface area (Å²) in [5.74, 6) is -1.21. The third-order valence-electron chi connectivity index (χ3n) is 3.82. The molecule has 25 heavy (non-hydrogen) atoms. The summed E-state index contributed by atoms with van der Waals surface area (Å²) >= 11 is 1.49. The number of carbonyl (C=O) groups is 2. The molecule has 0 unspecified atom stereocenters. The van der Waals surface area contributed by atoms with Crippen LogP contribution in [0.3, 0.4) is 0 Å². The molecule has 1 amide bonds. The fraction of sp³-hybridized carbons (Fsp3) is 0.222. The lowest BCUT2D eigenvalue weighted by atomic mass is 10.1. The van der Waals surface area contributed by atoms with E-state index < -0.39 is 11.7 Å². The summed E-state index contributed by atoms with van der Waals surface area (Å²) in [6, 6.07) is 9.52. The average Bonchev–Trinajstić information content (AvgIpc) is 3.15. The van der Waals surface area contributed by atoms with Gasteiger partial charge in [-0.25, -0.2) is 9.67 Å². The van der Waals surface area contributed by atoms with E-state index in [4.69, 9.17) is 0 Å². The highest BCUT2D eigenvalue weighted by molar-refractivity contribution is 7.11. The Morgan fingerprint density at radius 2 is 1.88 bits per heavy atom. The van der Waals surface area contributed by atoms with Gasteiger partial charge >= 0.3 is 0 Å². The number of amides is 1. The van der Waals surface area contributed by atoms with Crippen LogP contribution >= 0.6 is 11.3 Å².